The monoisotopic (exact) mass is 288 g/mol. The first-order chi connectivity index (χ1) is 8.74. The first-order valence-corrected chi connectivity index (χ1v) is 7.11. The maximum atomic E-state index is 11.9. The average molecular weight is 288 g/mol. The largest absolute Gasteiger partial charge is 0.287 e. The van der Waals surface area contributed by atoms with E-state index in [0.717, 1.165) is 6.07 Å². The minimum atomic E-state index is -3.82. The van der Waals surface area contributed by atoms with Gasteiger partial charge in [-0.25, -0.2) is 8.42 Å². The second-order valence-corrected chi connectivity index (χ2v) is 6.11. The third kappa shape index (κ3) is 4.27. The Hall–Kier alpha value is -1.51. The van der Waals surface area contributed by atoms with Crippen molar-refractivity contribution in [1.82, 2.24) is 4.89 Å². The fourth-order valence-electron chi connectivity index (χ4n) is 1.37. The van der Waals surface area contributed by atoms with Gasteiger partial charge < -0.3 is 0 Å². The Balaban J connectivity index is 2.93. The molecule has 0 aliphatic heterocycles. The van der Waals surface area contributed by atoms with E-state index in [0.29, 0.717) is 0 Å². The molecule has 1 rings (SSSR count). The van der Waals surface area contributed by atoms with Crippen LogP contribution in [0.1, 0.15) is 19.4 Å². The van der Waals surface area contributed by atoms with Gasteiger partial charge in [-0.3, -0.25) is 15.0 Å². The Morgan fingerprint density at radius 1 is 1.42 bits per heavy atom. The van der Waals surface area contributed by atoms with E-state index in [-0.39, 0.29) is 28.7 Å². The van der Waals surface area contributed by atoms with Crippen molar-refractivity contribution in [2.75, 3.05) is 6.61 Å². The molecule has 8 heteroatoms. The molecule has 0 saturated heterocycles. The van der Waals surface area contributed by atoms with Gasteiger partial charge in [-0.15, -0.1) is 0 Å². The van der Waals surface area contributed by atoms with Gasteiger partial charge in [0.05, 0.1) is 16.4 Å². The molecular weight excluding hydrogens is 272 g/mol. The van der Waals surface area contributed by atoms with E-state index in [1.54, 1.807) is 0 Å². The number of aryl methyl sites for hydroxylation is 1. The van der Waals surface area contributed by atoms with Crippen LogP contribution in [0, 0.1) is 23.0 Å². The molecule has 0 spiro atoms. The molecule has 0 saturated carbocycles. The van der Waals surface area contributed by atoms with Crippen LogP contribution in [0.2, 0.25) is 0 Å². The molecule has 1 N–H and O–H groups in total. The van der Waals surface area contributed by atoms with Crippen LogP contribution in [0.3, 0.4) is 0 Å². The van der Waals surface area contributed by atoms with Crippen LogP contribution in [0.4, 0.5) is 5.69 Å². The van der Waals surface area contributed by atoms with Gasteiger partial charge in [-0.05, 0) is 24.5 Å². The zero-order valence-corrected chi connectivity index (χ0v) is 11.7. The SMILES string of the molecule is Cc1cc([N+](=O)[O-])ccc1S(=O)(=O)NOCC(C)C. The lowest BCUT2D eigenvalue weighted by Crippen LogP contribution is -2.26. The summed E-state index contributed by atoms with van der Waals surface area (Å²) in [6.07, 6.45) is 0. The van der Waals surface area contributed by atoms with Gasteiger partial charge in [0.15, 0.2) is 0 Å². The Morgan fingerprint density at radius 3 is 2.53 bits per heavy atom. The lowest BCUT2D eigenvalue weighted by atomic mass is 10.2. The van der Waals surface area contributed by atoms with Crippen LogP contribution in [-0.4, -0.2) is 19.9 Å². The lowest BCUT2D eigenvalue weighted by molar-refractivity contribution is -0.385. The second kappa shape index (κ2) is 6.09. The topological polar surface area (TPSA) is 98.5 Å². The molecule has 106 valence electrons. The van der Waals surface area contributed by atoms with Crippen LogP contribution >= 0.6 is 0 Å². The number of nitro groups is 1. The molecule has 0 fully saturated rings. The number of rotatable bonds is 6. The normalized spacial score (nSPS) is 11.8. The van der Waals surface area contributed by atoms with Crippen molar-refractivity contribution >= 4 is 15.7 Å². The fraction of sp³-hybridized carbons (Fsp3) is 0.455. The van der Waals surface area contributed by atoms with E-state index in [2.05, 4.69) is 0 Å². The van der Waals surface area contributed by atoms with Crippen molar-refractivity contribution in [3.8, 4) is 0 Å². The van der Waals surface area contributed by atoms with Gasteiger partial charge in [0, 0.05) is 12.1 Å². The Morgan fingerprint density at radius 2 is 2.05 bits per heavy atom. The van der Waals surface area contributed by atoms with Crippen LogP contribution in [0.25, 0.3) is 0 Å². The van der Waals surface area contributed by atoms with E-state index >= 15 is 0 Å². The van der Waals surface area contributed by atoms with E-state index in [4.69, 9.17) is 4.84 Å². The van der Waals surface area contributed by atoms with Gasteiger partial charge in [0.1, 0.15) is 0 Å². The van der Waals surface area contributed by atoms with Crippen molar-refractivity contribution < 1.29 is 18.2 Å². The predicted molar refractivity (Wildman–Crippen MR) is 68.9 cm³/mol. The summed E-state index contributed by atoms with van der Waals surface area (Å²) in [6, 6.07) is 3.54. The van der Waals surface area contributed by atoms with Crippen molar-refractivity contribution in [2.24, 2.45) is 5.92 Å². The van der Waals surface area contributed by atoms with Gasteiger partial charge in [0.25, 0.3) is 15.7 Å². The molecule has 0 amide bonds. The molecule has 0 bridgehead atoms. The minimum Gasteiger partial charge on any atom is -0.287 e. The number of nitrogens with one attached hydrogen (secondary N) is 1. The zero-order valence-electron chi connectivity index (χ0n) is 10.9. The molecule has 0 unspecified atom stereocenters. The highest BCUT2D eigenvalue weighted by Crippen LogP contribution is 2.20. The number of sulfonamides is 1. The summed E-state index contributed by atoms with van der Waals surface area (Å²) in [5, 5.41) is 10.6. The maximum Gasteiger partial charge on any atom is 0.269 e. The molecule has 0 heterocycles. The Kier molecular flexibility index (Phi) is 4.98. The van der Waals surface area contributed by atoms with E-state index in [1.165, 1.54) is 19.1 Å². The van der Waals surface area contributed by atoms with Gasteiger partial charge >= 0.3 is 0 Å². The zero-order chi connectivity index (χ0) is 14.6. The van der Waals surface area contributed by atoms with E-state index in [9.17, 15) is 18.5 Å². The van der Waals surface area contributed by atoms with Crippen molar-refractivity contribution in [1.29, 1.82) is 0 Å². The summed E-state index contributed by atoms with van der Waals surface area (Å²) >= 11 is 0. The molecule has 1 aromatic rings. The number of benzene rings is 1. The quantitative estimate of drug-likeness (QED) is 0.635. The standard InChI is InChI=1S/C11H16N2O5S/c1-8(2)7-18-12-19(16,17)11-5-4-10(13(14)15)6-9(11)3/h4-6,8,12H,7H2,1-3H3. The third-order valence-electron chi connectivity index (χ3n) is 2.24. The molecular formula is C11H16N2O5S. The molecule has 0 radical (unpaired) electrons. The smallest absolute Gasteiger partial charge is 0.269 e. The van der Waals surface area contributed by atoms with Gasteiger partial charge in [-0.1, -0.05) is 18.7 Å². The lowest BCUT2D eigenvalue weighted by Gasteiger charge is -2.10. The molecule has 0 atom stereocenters. The molecule has 7 nitrogen and oxygen atoms in total. The highest BCUT2D eigenvalue weighted by Gasteiger charge is 2.19. The summed E-state index contributed by atoms with van der Waals surface area (Å²) in [5.74, 6) is 0.181. The molecule has 19 heavy (non-hydrogen) atoms. The van der Waals surface area contributed by atoms with Crippen LogP contribution in [0.5, 0.6) is 0 Å². The number of nitrogens with zero attached hydrogens (tertiary/aromatic N) is 1. The summed E-state index contributed by atoms with van der Waals surface area (Å²) in [6.45, 7) is 5.49. The Labute approximate surface area is 111 Å². The van der Waals surface area contributed by atoms with Gasteiger partial charge in [-0.2, -0.15) is 0 Å². The maximum absolute atomic E-state index is 11.9. The van der Waals surface area contributed by atoms with Crippen molar-refractivity contribution in [3.05, 3.63) is 33.9 Å². The first kappa shape index (κ1) is 15.5. The van der Waals surface area contributed by atoms with Crippen LogP contribution < -0.4 is 4.89 Å². The average Bonchev–Trinajstić information content (AvgIpc) is 2.27. The summed E-state index contributed by atoms with van der Waals surface area (Å²) in [4.78, 5) is 16.8. The predicted octanol–water partition coefficient (Wildman–Crippen LogP) is 1.77. The molecule has 1 aromatic carbocycles. The molecule has 0 aliphatic carbocycles. The summed E-state index contributed by atoms with van der Waals surface area (Å²) < 4.78 is 23.8. The van der Waals surface area contributed by atoms with E-state index in [1.807, 2.05) is 18.7 Å². The van der Waals surface area contributed by atoms with Crippen LogP contribution in [-0.2, 0) is 14.9 Å². The number of hydrogen-bond acceptors (Lipinski definition) is 5. The fourth-order valence-corrected chi connectivity index (χ4v) is 2.41. The minimum absolute atomic E-state index is 0.0399. The van der Waals surface area contributed by atoms with Gasteiger partial charge in [0.2, 0.25) is 0 Å². The molecule has 0 aromatic heterocycles. The van der Waals surface area contributed by atoms with E-state index < -0.39 is 14.9 Å². The second-order valence-electron chi connectivity index (χ2n) is 4.50. The first-order valence-electron chi connectivity index (χ1n) is 5.62. The van der Waals surface area contributed by atoms with Crippen molar-refractivity contribution in [2.45, 2.75) is 25.7 Å². The number of nitro benzene ring substituents is 1. The summed E-state index contributed by atoms with van der Waals surface area (Å²) in [5.41, 5.74) is 0.134. The third-order valence-corrected chi connectivity index (χ3v) is 3.62. The Bertz CT molecular complexity index is 568. The highest BCUT2D eigenvalue weighted by molar-refractivity contribution is 7.89. The summed E-state index contributed by atoms with van der Waals surface area (Å²) in [7, 11) is -3.82. The van der Waals surface area contributed by atoms with Crippen molar-refractivity contribution in [3.63, 3.8) is 0 Å². The number of hydrogen-bond donors (Lipinski definition) is 1. The highest BCUT2D eigenvalue weighted by atomic mass is 32.2. The molecule has 0 aliphatic rings. The van der Waals surface area contributed by atoms with Crippen LogP contribution in [0.15, 0.2) is 23.1 Å². The number of non-ortho nitro benzene ring substituents is 1.